The van der Waals surface area contributed by atoms with Gasteiger partial charge in [0, 0.05) is 0 Å². The maximum atomic E-state index is 11.5. The van der Waals surface area contributed by atoms with Crippen LogP contribution in [0.1, 0.15) is 19.3 Å². The minimum atomic E-state index is -0.536. The molecule has 0 aromatic heterocycles. The summed E-state index contributed by atoms with van der Waals surface area (Å²) in [5.74, 6) is -0.127. The fourth-order valence-corrected chi connectivity index (χ4v) is 1.53. The third-order valence-corrected chi connectivity index (χ3v) is 2.41. The quantitative estimate of drug-likeness (QED) is 0.452. The third kappa shape index (κ3) is 3.25. The molecule has 5 nitrogen and oxygen atoms in total. The number of nitrogens with one attached hydrogen (secondary N) is 2. The molecule has 1 rings (SSSR count). The standard InChI is InChI=1S/C9H18N2O3/c12-5-7(6-13)11-9(14)8-3-1-2-4-10-8/h7-8,10,12-13H,1-6H2,(H,11,14)/t8-/m0/s1. The molecule has 1 aliphatic rings. The SMILES string of the molecule is O=C(NC(CO)CO)[C@@H]1CCCCN1. The van der Waals surface area contributed by atoms with E-state index in [4.69, 9.17) is 10.2 Å². The highest BCUT2D eigenvalue weighted by Gasteiger charge is 2.22. The van der Waals surface area contributed by atoms with Gasteiger partial charge in [-0.3, -0.25) is 4.79 Å². The van der Waals surface area contributed by atoms with Crippen LogP contribution in [0.3, 0.4) is 0 Å². The molecule has 82 valence electrons. The summed E-state index contributed by atoms with van der Waals surface area (Å²) in [5, 5.41) is 23.2. The summed E-state index contributed by atoms with van der Waals surface area (Å²) in [5.41, 5.74) is 0. The van der Waals surface area contributed by atoms with Gasteiger partial charge in [0.05, 0.1) is 25.3 Å². The molecule has 1 atom stereocenters. The second kappa shape index (κ2) is 5.95. The van der Waals surface area contributed by atoms with E-state index in [9.17, 15) is 4.79 Å². The molecule has 4 N–H and O–H groups in total. The zero-order valence-corrected chi connectivity index (χ0v) is 8.20. The van der Waals surface area contributed by atoms with Crippen LogP contribution in [0, 0.1) is 0 Å². The Morgan fingerprint density at radius 3 is 2.64 bits per heavy atom. The molecule has 0 aliphatic carbocycles. The molecule has 5 heteroatoms. The average Bonchev–Trinajstić information content (AvgIpc) is 2.26. The van der Waals surface area contributed by atoms with Crippen LogP contribution < -0.4 is 10.6 Å². The van der Waals surface area contributed by atoms with E-state index < -0.39 is 6.04 Å². The van der Waals surface area contributed by atoms with E-state index in [1.165, 1.54) is 0 Å². The Bertz CT molecular complexity index is 177. The molecule has 0 aromatic carbocycles. The van der Waals surface area contributed by atoms with Crippen molar-refractivity contribution in [2.24, 2.45) is 0 Å². The first-order valence-electron chi connectivity index (χ1n) is 5.03. The molecule has 0 unspecified atom stereocenters. The topological polar surface area (TPSA) is 81.6 Å². The van der Waals surface area contributed by atoms with Gasteiger partial charge in [0.2, 0.25) is 5.91 Å². The van der Waals surface area contributed by atoms with E-state index >= 15 is 0 Å². The van der Waals surface area contributed by atoms with Gasteiger partial charge in [-0.1, -0.05) is 6.42 Å². The molecule has 1 fully saturated rings. The Labute approximate surface area is 83.5 Å². The van der Waals surface area contributed by atoms with Gasteiger partial charge in [0.25, 0.3) is 0 Å². The van der Waals surface area contributed by atoms with Gasteiger partial charge < -0.3 is 20.8 Å². The van der Waals surface area contributed by atoms with Crippen LogP contribution >= 0.6 is 0 Å². The van der Waals surface area contributed by atoms with Crippen LogP contribution in [-0.2, 0) is 4.79 Å². The van der Waals surface area contributed by atoms with Crippen LogP contribution in [0.5, 0.6) is 0 Å². The molecule has 0 bridgehead atoms. The fraction of sp³-hybridized carbons (Fsp3) is 0.889. The lowest BCUT2D eigenvalue weighted by atomic mass is 10.0. The molecule has 0 radical (unpaired) electrons. The lowest BCUT2D eigenvalue weighted by molar-refractivity contribution is -0.125. The Morgan fingerprint density at radius 1 is 1.43 bits per heavy atom. The van der Waals surface area contributed by atoms with Crippen molar-refractivity contribution in [3.05, 3.63) is 0 Å². The molecule has 0 spiro atoms. The van der Waals surface area contributed by atoms with Crippen molar-refractivity contribution in [3.8, 4) is 0 Å². The summed E-state index contributed by atoms with van der Waals surface area (Å²) >= 11 is 0. The Morgan fingerprint density at radius 2 is 2.14 bits per heavy atom. The van der Waals surface area contributed by atoms with Gasteiger partial charge in [0.1, 0.15) is 0 Å². The summed E-state index contributed by atoms with van der Waals surface area (Å²) in [4.78, 5) is 11.5. The molecule has 1 aliphatic heterocycles. The molecule has 0 aromatic rings. The summed E-state index contributed by atoms with van der Waals surface area (Å²) in [6.45, 7) is 0.408. The highest BCUT2D eigenvalue weighted by Crippen LogP contribution is 2.06. The number of hydrogen-bond donors (Lipinski definition) is 4. The zero-order chi connectivity index (χ0) is 10.4. The predicted molar refractivity (Wildman–Crippen MR) is 51.7 cm³/mol. The first-order valence-corrected chi connectivity index (χ1v) is 5.03. The van der Waals surface area contributed by atoms with Crippen molar-refractivity contribution < 1.29 is 15.0 Å². The number of rotatable bonds is 4. The molecule has 14 heavy (non-hydrogen) atoms. The number of carbonyl (C=O) groups excluding carboxylic acids is 1. The lowest BCUT2D eigenvalue weighted by Gasteiger charge is -2.24. The van der Waals surface area contributed by atoms with Crippen molar-refractivity contribution in [2.75, 3.05) is 19.8 Å². The number of aliphatic hydroxyl groups excluding tert-OH is 2. The van der Waals surface area contributed by atoms with Gasteiger partial charge in [-0.15, -0.1) is 0 Å². The van der Waals surface area contributed by atoms with Gasteiger partial charge in [0.15, 0.2) is 0 Å². The molecule has 1 saturated heterocycles. The predicted octanol–water partition coefficient (Wildman–Crippen LogP) is -1.40. The number of piperidine rings is 1. The summed E-state index contributed by atoms with van der Waals surface area (Å²) < 4.78 is 0. The normalized spacial score (nSPS) is 22.4. The van der Waals surface area contributed by atoms with Crippen molar-refractivity contribution in [2.45, 2.75) is 31.3 Å². The third-order valence-electron chi connectivity index (χ3n) is 2.41. The smallest absolute Gasteiger partial charge is 0.237 e. The first-order chi connectivity index (χ1) is 6.77. The Hall–Kier alpha value is -0.650. The molecule has 1 amide bonds. The van der Waals surface area contributed by atoms with E-state index in [-0.39, 0.29) is 25.2 Å². The zero-order valence-electron chi connectivity index (χ0n) is 8.20. The van der Waals surface area contributed by atoms with Crippen LogP contribution in [0.15, 0.2) is 0 Å². The van der Waals surface area contributed by atoms with E-state index in [0.717, 1.165) is 25.8 Å². The summed E-state index contributed by atoms with van der Waals surface area (Å²) in [7, 11) is 0. The van der Waals surface area contributed by atoms with E-state index in [0.29, 0.717) is 0 Å². The second-order valence-corrected chi connectivity index (χ2v) is 3.57. The van der Waals surface area contributed by atoms with Crippen molar-refractivity contribution in [1.29, 1.82) is 0 Å². The van der Waals surface area contributed by atoms with Crippen LogP contribution in [0.25, 0.3) is 0 Å². The largest absolute Gasteiger partial charge is 0.394 e. The highest BCUT2D eigenvalue weighted by atomic mass is 16.3. The van der Waals surface area contributed by atoms with Gasteiger partial charge >= 0.3 is 0 Å². The average molecular weight is 202 g/mol. The Kier molecular flexibility index (Phi) is 4.86. The molecule has 0 saturated carbocycles. The highest BCUT2D eigenvalue weighted by molar-refractivity contribution is 5.82. The first kappa shape index (κ1) is 11.4. The van der Waals surface area contributed by atoms with Crippen molar-refractivity contribution >= 4 is 5.91 Å². The van der Waals surface area contributed by atoms with E-state index in [1.54, 1.807) is 0 Å². The number of carbonyl (C=O) groups is 1. The maximum absolute atomic E-state index is 11.5. The van der Waals surface area contributed by atoms with Crippen LogP contribution in [-0.4, -0.2) is 48.0 Å². The van der Waals surface area contributed by atoms with Crippen LogP contribution in [0.2, 0.25) is 0 Å². The maximum Gasteiger partial charge on any atom is 0.237 e. The Balaban J connectivity index is 2.32. The van der Waals surface area contributed by atoms with Crippen LogP contribution in [0.4, 0.5) is 0 Å². The van der Waals surface area contributed by atoms with Gasteiger partial charge in [-0.25, -0.2) is 0 Å². The fourth-order valence-electron chi connectivity index (χ4n) is 1.53. The molecule has 1 heterocycles. The number of aliphatic hydroxyl groups is 2. The van der Waals surface area contributed by atoms with Gasteiger partial charge in [-0.05, 0) is 19.4 Å². The number of amides is 1. The lowest BCUT2D eigenvalue weighted by Crippen LogP contribution is -2.51. The van der Waals surface area contributed by atoms with Crippen molar-refractivity contribution in [3.63, 3.8) is 0 Å². The monoisotopic (exact) mass is 202 g/mol. The van der Waals surface area contributed by atoms with Gasteiger partial charge in [-0.2, -0.15) is 0 Å². The summed E-state index contributed by atoms with van der Waals surface area (Å²) in [6, 6.07) is -0.699. The minimum absolute atomic E-state index is 0.127. The minimum Gasteiger partial charge on any atom is -0.394 e. The second-order valence-electron chi connectivity index (χ2n) is 3.57. The van der Waals surface area contributed by atoms with E-state index in [2.05, 4.69) is 10.6 Å². The summed E-state index contributed by atoms with van der Waals surface area (Å²) in [6.07, 6.45) is 2.98. The van der Waals surface area contributed by atoms with Crippen molar-refractivity contribution in [1.82, 2.24) is 10.6 Å². The molecular formula is C9H18N2O3. The number of hydrogen-bond acceptors (Lipinski definition) is 4. The molecular weight excluding hydrogens is 184 g/mol. The van der Waals surface area contributed by atoms with E-state index in [1.807, 2.05) is 0 Å².